The van der Waals surface area contributed by atoms with Crippen LogP contribution in [-0.4, -0.2) is 55.4 Å². The van der Waals surface area contributed by atoms with Crippen LogP contribution < -0.4 is 10.2 Å². The van der Waals surface area contributed by atoms with Gasteiger partial charge in [0.15, 0.2) is 0 Å². The molecule has 7 nitrogen and oxygen atoms in total. The van der Waals surface area contributed by atoms with E-state index in [0.717, 1.165) is 48.6 Å². The van der Waals surface area contributed by atoms with Crippen molar-refractivity contribution in [2.24, 2.45) is 0 Å². The van der Waals surface area contributed by atoms with Gasteiger partial charge in [-0.05, 0) is 50.5 Å². The second kappa shape index (κ2) is 9.19. The van der Waals surface area contributed by atoms with Crippen molar-refractivity contribution in [3.05, 3.63) is 28.8 Å². The normalized spacial score (nSPS) is 14.9. The van der Waals surface area contributed by atoms with Crippen molar-refractivity contribution in [3.8, 4) is 0 Å². The molecular weight excluding hydrogens is 348 g/mol. The van der Waals surface area contributed by atoms with E-state index in [-0.39, 0.29) is 19.6 Å². The molecule has 1 saturated heterocycles. The van der Waals surface area contributed by atoms with E-state index < -0.39 is 17.5 Å². The molecule has 1 aliphatic rings. The Bertz CT molecular complexity index is 676. The van der Waals surface area contributed by atoms with E-state index in [4.69, 9.17) is 9.47 Å². The number of carbonyl (C=O) groups excluding carboxylic acids is 1. The molecule has 0 atom stereocenters. The number of hydrogen-bond acceptors (Lipinski definition) is 6. The summed E-state index contributed by atoms with van der Waals surface area (Å²) in [4.78, 5) is 25.3. The summed E-state index contributed by atoms with van der Waals surface area (Å²) in [7, 11) is 0. The Hall–Kier alpha value is -2.12. The minimum absolute atomic E-state index is 0.0369. The average Bonchev–Trinajstić information content (AvgIpc) is 2.56. The molecule has 0 unspecified atom stereocenters. The molecular formula is C20H30N2O5. The van der Waals surface area contributed by atoms with Crippen LogP contribution in [0.1, 0.15) is 37.5 Å². The van der Waals surface area contributed by atoms with Gasteiger partial charge in [-0.2, -0.15) is 0 Å². The Morgan fingerprint density at radius 2 is 1.89 bits per heavy atom. The molecule has 1 heterocycles. The maximum atomic E-state index is 11.8. The predicted molar refractivity (Wildman–Crippen MR) is 103 cm³/mol. The summed E-state index contributed by atoms with van der Waals surface area (Å²) in [5.74, 6) is -1.28. The predicted octanol–water partition coefficient (Wildman–Crippen LogP) is 1.89. The Morgan fingerprint density at radius 3 is 2.48 bits per heavy atom. The van der Waals surface area contributed by atoms with Gasteiger partial charge in [-0.1, -0.05) is 6.07 Å². The number of hydrogen-bond donors (Lipinski definition) is 2. The zero-order chi connectivity index (χ0) is 20.0. The molecule has 27 heavy (non-hydrogen) atoms. The number of nitrogens with zero attached hydrogens (tertiary/aromatic N) is 1. The maximum absolute atomic E-state index is 11.8. The smallest absolute Gasteiger partial charge is 0.332 e. The van der Waals surface area contributed by atoms with Crippen molar-refractivity contribution in [2.75, 3.05) is 37.7 Å². The molecule has 150 valence electrons. The lowest BCUT2D eigenvalue weighted by Gasteiger charge is -2.32. The number of carbonyl (C=O) groups is 2. The van der Waals surface area contributed by atoms with E-state index in [1.54, 1.807) is 0 Å². The highest BCUT2D eigenvalue weighted by Crippen LogP contribution is 2.27. The van der Waals surface area contributed by atoms with Crippen LogP contribution in [0.4, 0.5) is 5.69 Å². The topological polar surface area (TPSA) is 88.1 Å². The second-order valence-corrected chi connectivity index (χ2v) is 7.79. The summed E-state index contributed by atoms with van der Waals surface area (Å²) < 4.78 is 10.7. The highest BCUT2D eigenvalue weighted by Gasteiger charge is 2.18. The van der Waals surface area contributed by atoms with Gasteiger partial charge in [0.05, 0.1) is 13.0 Å². The highest BCUT2D eigenvalue weighted by molar-refractivity contribution is 5.73. The first-order valence-electron chi connectivity index (χ1n) is 9.25. The minimum atomic E-state index is -0.865. The number of esters is 1. The van der Waals surface area contributed by atoms with Crippen LogP contribution in [0.3, 0.4) is 0 Å². The van der Waals surface area contributed by atoms with Crippen LogP contribution >= 0.6 is 0 Å². The average molecular weight is 378 g/mol. The van der Waals surface area contributed by atoms with Crippen LogP contribution in [0.25, 0.3) is 0 Å². The fraction of sp³-hybridized carbons (Fsp3) is 0.600. The first-order chi connectivity index (χ1) is 12.7. The van der Waals surface area contributed by atoms with Gasteiger partial charge in [-0.25, -0.2) is 4.79 Å². The maximum Gasteiger partial charge on any atom is 0.332 e. The SMILES string of the molecule is Cc1c(CC(=O)O)cc(COCC(=O)OC(C)(C)C)cc1N1CCNCC1. The standard InChI is InChI=1S/C20H30N2O5/c1-14-16(11-18(23)24)9-15(10-17(14)22-7-5-21-6-8-22)12-26-13-19(25)27-20(2,3)4/h9-10,21H,5-8,11-13H2,1-4H3,(H,23,24). The molecule has 0 spiro atoms. The third-order valence-corrected chi connectivity index (χ3v) is 4.26. The van der Waals surface area contributed by atoms with Gasteiger partial charge in [-0.3, -0.25) is 4.79 Å². The van der Waals surface area contributed by atoms with Crippen LogP contribution in [0.2, 0.25) is 0 Å². The molecule has 1 aliphatic heterocycles. The number of rotatable bonds is 7. The molecule has 1 fully saturated rings. The van der Waals surface area contributed by atoms with E-state index in [1.807, 2.05) is 39.8 Å². The van der Waals surface area contributed by atoms with Crippen LogP contribution in [0.5, 0.6) is 0 Å². The Labute approximate surface area is 160 Å². The number of carboxylic acid groups (broad SMARTS) is 1. The fourth-order valence-corrected chi connectivity index (χ4v) is 3.11. The molecule has 0 aromatic heterocycles. The molecule has 0 aliphatic carbocycles. The number of nitrogens with one attached hydrogen (secondary N) is 1. The summed E-state index contributed by atoms with van der Waals surface area (Å²) in [5, 5.41) is 12.5. The molecule has 0 bridgehead atoms. The van der Waals surface area contributed by atoms with E-state index in [9.17, 15) is 14.7 Å². The fourth-order valence-electron chi connectivity index (χ4n) is 3.11. The molecule has 0 radical (unpaired) electrons. The summed E-state index contributed by atoms with van der Waals surface area (Å²) in [6, 6.07) is 3.88. The van der Waals surface area contributed by atoms with Gasteiger partial charge >= 0.3 is 11.9 Å². The van der Waals surface area contributed by atoms with Crippen molar-refractivity contribution >= 4 is 17.6 Å². The number of ether oxygens (including phenoxy) is 2. The molecule has 1 aromatic rings. The van der Waals surface area contributed by atoms with Gasteiger partial charge in [0.1, 0.15) is 12.2 Å². The van der Waals surface area contributed by atoms with Crippen LogP contribution in [-0.2, 0) is 32.1 Å². The number of anilines is 1. The number of carboxylic acids is 1. The van der Waals surface area contributed by atoms with Crippen molar-refractivity contribution < 1.29 is 24.2 Å². The van der Waals surface area contributed by atoms with Crippen molar-refractivity contribution in [1.82, 2.24) is 5.32 Å². The molecule has 0 saturated carbocycles. The van der Waals surface area contributed by atoms with Gasteiger partial charge in [0.2, 0.25) is 0 Å². The summed E-state index contributed by atoms with van der Waals surface area (Å²) >= 11 is 0. The molecule has 7 heteroatoms. The Morgan fingerprint density at radius 1 is 1.22 bits per heavy atom. The van der Waals surface area contributed by atoms with E-state index in [0.29, 0.717) is 0 Å². The lowest BCUT2D eigenvalue weighted by molar-refractivity contribution is -0.160. The van der Waals surface area contributed by atoms with E-state index in [2.05, 4.69) is 10.2 Å². The lowest BCUT2D eigenvalue weighted by Crippen LogP contribution is -2.44. The molecule has 0 amide bonds. The number of piperazine rings is 1. The molecule has 2 N–H and O–H groups in total. The Kier molecular flexibility index (Phi) is 7.21. The third kappa shape index (κ3) is 6.84. The Balaban J connectivity index is 2.12. The lowest BCUT2D eigenvalue weighted by atomic mass is 9.99. The minimum Gasteiger partial charge on any atom is -0.481 e. The van der Waals surface area contributed by atoms with Gasteiger partial charge in [0.25, 0.3) is 0 Å². The van der Waals surface area contributed by atoms with Crippen molar-refractivity contribution in [1.29, 1.82) is 0 Å². The quantitative estimate of drug-likeness (QED) is 0.701. The van der Waals surface area contributed by atoms with Gasteiger partial charge in [0, 0.05) is 31.9 Å². The van der Waals surface area contributed by atoms with Crippen molar-refractivity contribution in [3.63, 3.8) is 0 Å². The van der Waals surface area contributed by atoms with E-state index >= 15 is 0 Å². The zero-order valence-electron chi connectivity index (χ0n) is 16.6. The van der Waals surface area contributed by atoms with Crippen molar-refractivity contribution in [2.45, 2.75) is 46.3 Å². The summed E-state index contributed by atoms with van der Waals surface area (Å²) in [5.41, 5.74) is 3.10. The van der Waals surface area contributed by atoms with Gasteiger partial charge in [-0.15, -0.1) is 0 Å². The summed E-state index contributed by atoms with van der Waals surface area (Å²) in [6.45, 7) is 11.0. The largest absolute Gasteiger partial charge is 0.481 e. The third-order valence-electron chi connectivity index (χ3n) is 4.26. The van der Waals surface area contributed by atoms with E-state index in [1.165, 1.54) is 0 Å². The van der Waals surface area contributed by atoms with Gasteiger partial charge < -0.3 is 24.8 Å². The van der Waals surface area contributed by atoms with Crippen LogP contribution in [0.15, 0.2) is 12.1 Å². The second-order valence-electron chi connectivity index (χ2n) is 7.79. The molecule has 1 aromatic carbocycles. The van der Waals surface area contributed by atoms with Crippen LogP contribution in [0, 0.1) is 6.92 Å². The number of benzene rings is 1. The molecule has 2 rings (SSSR count). The first-order valence-corrected chi connectivity index (χ1v) is 9.25. The first kappa shape index (κ1) is 21.2. The highest BCUT2D eigenvalue weighted by atomic mass is 16.6. The number of aliphatic carboxylic acids is 1. The zero-order valence-corrected chi connectivity index (χ0v) is 16.6. The monoisotopic (exact) mass is 378 g/mol. The summed E-state index contributed by atoms with van der Waals surface area (Å²) in [6.07, 6.45) is -0.0369.